The molecule has 1 aliphatic carbocycles. The van der Waals surface area contributed by atoms with Crippen LogP contribution in [0.3, 0.4) is 0 Å². The smallest absolute Gasteiger partial charge is 0.111 e. The highest BCUT2D eigenvalue weighted by atomic mass is 79.9. The Bertz CT molecular complexity index is 410. The number of hydrogen-bond donors (Lipinski definition) is 1. The highest BCUT2D eigenvalue weighted by molar-refractivity contribution is 9.10. The van der Waals surface area contributed by atoms with Crippen LogP contribution in [0.4, 0.5) is 0 Å². The molecule has 3 unspecified atom stereocenters. The van der Waals surface area contributed by atoms with Gasteiger partial charge in [0.25, 0.3) is 0 Å². The Morgan fingerprint density at radius 2 is 2.17 bits per heavy atom. The van der Waals surface area contributed by atoms with Crippen LogP contribution in [-0.2, 0) is 12.6 Å². The molecule has 0 aromatic carbocycles. The van der Waals surface area contributed by atoms with E-state index in [0.29, 0.717) is 17.8 Å². The van der Waals surface area contributed by atoms with Gasteiger partial charge in [-0.1, -0.05) is 27.2 Å². The van der Waals surface area contributed by atoms with E-state index in [-0.39, 0.29) is 0 Å². The zero-order valence-electron chi connectivity index (χ0n) is 11.7. The summed E-state index contributed by atoms with van der Waals surface area (Å²) in [7, 11) is 1.91. The lowest BCUT2D eigenvalue weighted by atomic mass is 9.65. The number of rotatable bonds is 2. The Morgan fingerprint density at radius 3 is 2.67 bits per heavy atom. The molecule has 18 heavy (non-hydrogen) atoms. The normalized spacial score (nSPS) is 33.1. The molecule has 102 valence electrons. The van der Waals surface area contributed by atoms with Gasteiger partial charge >= 0.3 is 0 Å². The molecule has 1 heterocycles. The van der Waals surface area contributed by atoms with Crippen LogP contribution in [0, 0.1) is 17.8 Å². The standard InChI is InChI=1S/C14H23BrN2O/c1-9(2)11-6-5-10(3)7-14(11,18)13-12(15)8-16-17(13)4/h8-11,18H,5-7H2,1-4H3. The van der Waals surface area contributed by atoms with Gasteiger partial charge < -0.3 is 5.11 Å². The summed E-state index contributed by atoms with van der Waals surface area (Å²) in [5.74, 6) is 1.34. The van der Waals surface area contributed by atoms with E-state index in [1.54, 1.807) is 6.20 Å². The lowest BCUT2D eigenvalue weighted by Crippen LogP contribution is -2.44. The summed E-state index contributed by atoms with van der Waals surface area (Å²) in [6.07, 6.45) is 4.91. The van der Waals surface area contributed by atoms with Crippen LogP contribution < -0.4 is 0 Å². The molecule has 0 bridgehead atoms. The average Bonchev–Trinajstić information content (AvgIpc) is 2.58. The summed E-state index contributed by atoms with van der Waals surface area (Å²) in [6, 6.07) is 0. The average molecular weight is 315 g/mol. The first-order valence-corrected chi connectivity index (χ1v) is 7.56. The molecule has 0 aliphatic heterocycles. The van der Waals surface area contributed by atoms with Gasteiger partial charge in [0.1, 0.15) is 5.60 Å². The summed E-state index contributed by atoms with van der Waals surface area (Å²) in [6.45, 7) is 6.64. The third-order valence-corrected chi connectivity index (χ3v) is 4.93. The van der Waals surface area contributed by atoms with E-state index in [1.165, 1.54) is 6.42 Å². The Labute approximate surface area is 118 Å². The largest absolute Gasteiger partial charge is 0.383 e. The van der Waals surface area contributed by atoms with Gasteiger partial charge in [0.05, 0.1) is 16.4 Å². The summed E-state index contributed by atoms with van der Waals surface area (Å²) in [5.41, 5.74) is 0.184. The van der Waals surface area contributed by atoms with Crippen molar-refractivity contribution in [1.29, 1.82) is 0 Å². The Hall–Kier alpha value is -0.350. The molecule has 1 N–H and O–H groups in total. The Kier molecular flexibility index (Phi) is 3.88. The summed E-state index contributed by atoms with van der Waals surface area (Å²) in [4.78, 5) is 0. The quantitative estimate of drug-likeness (QED) is 0.907. The molecular weight excluding hydrogens is 292 g/mol. The summed E-state index contributed by atoms with van der Waals surface area (Å²) in [5, 5.41) is 15.6. The maximum Gasteiger partial charge on any atom is 0.111 e. The third-order valence-electron chi connectivity index (χ3n) is 4.35. The lowest BCUT2D eigenvalue weighted by molar-refractivity contribution is -0.0925. The molecule has 0 amide bonds. The van der Waals surface area contributed by atoms with Crippen molar-refractivity contribution in [3.05, 3.63) is 16.4 Å². The van der Waals surface area contributed by atoms with E-state index in [4.69, 9.17) is 0 Å². The van der Waals surface area contributed by atoms with Crippen LogP contribution in [0.25, 0.3) is 0 Å². The molecule has 3 nitrogen and oxygen atoms in total. The van der Waals surface area contributed by atoms with E-state index in [2.05, 4.69) is 41.8 Å². The van der Waals surface area contributed by atoms with Crippen LogP contribution >= 0.6 is 15.9 Å². The highest BCUT2D eigenvalue weighted by Crippen LogP contribution is 2.48. The second kappa shape index (κ2) is 4.97. The first kappa shape index (κ1) is 14.1. The lowest BCUT2D eigenvalue weighted by Gasteiger charge is -2.44. The van der Waals surface area contributed by atoms with Gasteiger partial charge in [-0.25, -0.2) is 0 Å². The SMILES string of the molecule is CC1CCC(C(C)C)C(O)(c2c(Br)cnn2C)C1. The Morgan fingerprint density at radius 1 is 1.50 bits per heavy atom. The number of aryl methyl sites for hydroxylation is 1. The van der Waals surface area contributed by atoms with Crippen molar-refractivity contribution in [3.63, 3.8) is 0 Å². The van der Waals surface area contributed by atoms with Crippen molar-refractivity contribution in [2.75, 3.05) is 0 Å². The number of nitrogens with zero attached hydrogens (tertiary/aromatic N) is 2. The van der Waals surface area contributed by atoms with Crippen LogP contribution in [0.5, 0.6) is 0 Å². The molecule has 0 saturated heterocycles. The topological polar surface area (TPSA) is 38.1 Å². The Balaban J connectivity index is 2.47. The van der Waals surface area contributed by atoms with Crippen molar-refractivity contribution in [3.8, 4) is 0 Å². The first-order chi connectivity index (χ1) is 8.36. The number of halogens is 1. The predicted octanol–water partition coefficient (Wildman–Crippen LogP) is 3.46. The van der Waals surface area contributed by atoms with Gasteiger partial charge in [-0.2, -0.15) is 5.10 Å². The third kappa shape index (κ3) is 2.25. The highest BCUT2D eigenvalue weighted by Gasteiger charge is 2.46. The van der Waals surface area contributed by atoms with Gasteiger partial charge in [-0.05, 0) is 46.5 Å². The molecule has 1 saturated carbocycles. The van der Waals surface area contributed by atoms with Gasteiger partial charge in [-0.3, -0.25) is 4.68 Å². The molecule has 0 spiro atoms. The van der Waals surface area contributed by atoms with Crippen molar-refractivity contribution in [2.24, 2.45) is 24.8 Å². The van der Waals surface area contributed by atoms with Crippen molar-refractivity contribution in [2.45, 2.75) is 45.6 Å². The van der Waals surface area contributed by atoms with E-state index >= 15 is 0 Å². The maximum atomic E-state index is 11.3. The minimum Gasteiger partial charge on any atom is -0.383 e. The number of hydrogen-bond acceptors (Lipinski definition) is 2. The molecule has 4 heteroatoms. The van der Waals surface area contributed by atoms with Gasteiger partial charge in [0, 0.05) is 7.05 Å². The fourth-order valence-corrected chi connectivity index (χ4v) is 4.23. The predicted molar refractivity (Wildman–Crippen MR) is 76.1 cm³/mol. The number of aromatic nitrogens is 2. The van der Waals surface area contributed by atoms with Gasteiger partial charge in [0.2, 0.25) is 0 Å². The minimum atomic E-state index is -0.754. The van der Waals surface area contributed by atoms with Crippen LogP contribution in [0.15, 0.2) is 10.7 Å². The molecule has 2 rings (SSSR count). The molecule has 3 atom stereocenters. The second-order valence-corrected chi connectivity index (χ2v) is 6.98. The second-order valence-electron chi connectivity index (χ2n) is 6.13. The van der Waals surface area contributed by atoms with Gasteiger partial charge in [0.15, 0.2) is 0 Å². The first-order valence-electron chi connectivity index (χ1n) is 6.76. The van der Waals surface area contributed by atoms with Crippen molar-refractivity contribution < 1.29 is 5.11 Å². The maximum absolute atomic E-state index is 11.3. The molecular formula is C14H23BrN2O. The van der Waals surface area contributed by atoms with Crippen molar-refractivity contribution in [1.82, 2.24) is 9.78 Å². The number of aliphatic hydroxyl groups is 1. The zero-order chi connectivity index (χ0) is 13.5. The van der Waals surface area contributed by atoms with E-state index in [1.807, 2.05) is 11.7 Å². The zero-order valence-corrected chi connectivity index (χ0v) is 13.2. The van der Waals surface area contributed by atoms with Crippen LogP contribution in [-0.4, -0.2) is 14.9 Å². The molecule has 1 aromatic heterocycles. The summed E-state index contributed by atoms with van der Waals surface area (Å²) >= 11 is 3.54. The summed E-state index contributed by atoms with van der Waals surface area (Å²) < 4.78 is 2.74. The van der Waals surface area contributed by atoms with Crippen LogP contribution in [0.1, 0.15) is 45.7 Å². The molecule has 0 radical (unpaired) electrons. The van der Waals surface area contributed by atoms with Gasteiger partial charge in [-0.15, -0.1) is 0 Å². The molecule has 1 aliphatic rings. The fraction of sp³-hybridized carbons (Fsp3) is 0.786. The van der Waals surface area contributed by atoms with E-state index < -0.39 is 5.60 Å². The fourth-order valence-electron chi connectivity index (χ4n) is 3.54. The van der Waals surface area contributed by atoms with Crippen LogP contribution in [0.2, 0.25) is 0 Å². The molecule has 1 aromatic rings. The van der Waals surface area contributed by atoms with E-state index in [9.17, 15) is 5.11 Å². The monoisotopic (exact) mass is 314 g/mol. The molecule has 1 fully saturated rings. The minimum absolute atomic E-state index is 0.306. The van der Waals surface area contributed by atoms with E-state index in [0.717, 1.165) is 23.0 Å². The van der Waals surface area contributed by atoms with Crippen molar-refractivity contribution >= 4 is 15.9 Å².